The molecule has 1 unspecified atom stereocenters. The first kappa shape index (κ1) is 12.4. The standard InChI is InChI=1S/C16H16O2/c1-12(14-5-3-2-4-6-14)11-13-7-9-15(10-8-13)16(17)18/h2-10,12H,11H2,1H3,(H,17,18). The molecule has 0 saturated carbocycles. The van der Waals surface area contributed by atoms with Crippen LogP contribution in [0.5, 0.6) is 0 Å². The van der Waals surface area contributed by atoms with E-state index in [2.05, 4.69) is 19.1 Å². The fraction of sp³-hybridized carbons (Fsp3) is 0.188. The Bertz CT molecular complexity index is 515. The normalized spacial score (nSPS) is 12.1. The highest BCUT2D eigenvalue weighted by Gasteiger charge is 2.07. The summed E-state index contributed by atoms with van der Waals surface area (Å²) >= 11 is 0. The molecule has 0 aliphatic rings. The highest BCUT2D eigenvalue weighted by molar-refractivity contribution is 5.87. The van der Waals surface area contributed by atoms with E-state index in [1.807, 2.05) is 30.3 Å². The number of carboxylic acids is 1. The van der Waals surface area contributed by atoms with Gasteiger partial charge >= 0.3 is 5.97 Å². The molecule has 0 aromatic heterocycles. The lowest BCUT2D eigenvalue weighted by Gasteiger charge is -2.11. The summed E-state index contributed by atoms with van der Waals surface area (Å²) in [6, 6.07) is 17.4. The summed E-state index contributed by atoms with van der Waals surface area (Å²) in [5.74, 6) is -0.445. The summed E-state index contributed by atoms with van der Waals surface area (Å²) < 4.78 is 0. The van der Waals surface area contributed by atoms with Gasteiger partial charge in [0.05, 0.1) is 5.56 Å². The highest BCUT2D eigenvalue weighted by atomic mass is 16.4. The lowest BCUT2D eigenvalue weighted by molar-refractivity contribution is 0.0697. The first-order chi connectivity index (χ1) is 8.66. The summed E-state index contributed by atoms with van der Waals surface area (Å²) in [5, 5.41) is 8.84. The molecule has 0 bridgehead atoms. The van der Waals surface area contributed by atoms with Crippen molar-refractivity contribution in [1.82, 2.24) is 0 Å². The van der Waals surface area contributed by atoms with Crippen LogP contribution >= 0.6 is 0 Å². The Morgan fingerprint density at radius 1 is 1.06 bits per heavy atom. The molecule has 1 N–H and O–H groups in total. The third-order valence-electron chi connectivity index (χ3n) is 3.11. The molecule has 2 rings (SSSR count). The van der Waals surface area contributed by atoms with Gasteiger partial charge in [-0.25, -0.2) is 4.79 Å². The van der Waals surface area contributed by atoms with Gasteiger partial charge in [-0.05, 0) is 35.6 Å². The molecule has 0 aliphatic carbocycles. The summed E-state index contributed by atoms with van der Waals surface area (Å²) in [7, 11) is 0. The fourth-order valence-electron chi connectivity index (χ4n) is 2.04. The topological polar surface area (TPSA) is 37.3 Å². The zero-order chi connectivity index (χ0) is 13.0. The number of rotatable bonds is 4. The predicted octanol–water partition coefficient (Wildman–Crippen LogP) is 3.73. The second-order valence-electron chi connectivity index (χ2n) is 4.52. The molecule has 0 amide bonds. The minimum Gasteiger partial charge on any atom is -0.478 e. The molecule has 0 heterocycles. The third kappa shape index (κ3) is 2.98. The van der Waals surface area contributed by atoms with Crippen LogP contribution in [0, 0.1) is 0 Å². The van der Waals surface area contributed by atoms with Crippen molar-refractivity contribution in [3.05, 3.63) is 71.3 Å². The lowest BCUT2D eigenvalue weighted by atomic mass is 9.93. The van der Waals surface area contributed by atoms with Gasteiger partial charge in [0.1, 0.15) is 0 Å². The van der Waals surface area contributed by atoms with Gasteiger partial charge in [-0.1, -0.05) is 49.4 Å². The van der Waals surface area contributed by atoms with E-state index in [0.717, 1.165) is 12.0 Å². The Hall–Kier alpha value is -2.09. The Morgan fingerprint density at radius 2 is 1.67 bits per heavy atom. The van der Waals surface area contributed by atoms with Crippen molar-refractivity contribution in [3.8, 4) is 0 Å². The average Bonchev–Trinajstić information content (AvgIpc) is 2.40. The minimum atomic E-state index is -0.877. The van der Waals surface area contributed by atoms with Crippen molar-refractivity contribution in [2.45, 2.75) is 19.3 Å². The molecule has 18 heavy (non-hydrogen) atoms. The van der Waals surface area contributed by atoms with E-state index < -0.39 is 5.97 Å². The van der Waals surface area contributed by atoms with Crippen molar-refractivity contribution in [2.24, 2.45) is 0 Å². The number of carboxylic acid groups (broad SMARTS) is 1. The molecule has 2 aromatic rings. The molecule has 0 radical (unpaired) electrons. The zero-order valence-electron chi connectivity index (χ0n) is 10.3. The molecule has 2 heteroatoms. The molecule has 92 valence electrons. The molecule has 1 atom stereocenters. The van der Waals surface area contributed by atoms with Gasteiger partial charge in [0, 0.05) is 0 Å². The largest absolute Gasteiger partial charge is 0.478 e. The zero-order valence-corrected chi connectivity index (χ0v) is 10.3. The van der Waals surface area contributed by atoms with Gasteiger partial charge < -0.3 is 5.11 Å². The number of aromatic carboxylic acids is 1. The summed E-state index contributed by atoms with van der Waals surface area (Å²) in [6.07, 6.45) is 0.921. The van der Waals surface area contributed by atoms with Crippen LogP contribution in [-0.4, -0.2) is 11.1 Å². The van der Waals surface area contributed by atoms with E-state index in [9.17, 15) is 4.79 Å². The van der Waals surface area contributed by atoms with Crippen LogP contribution in [0.4, 0.5) is 0 Å². The van der Waals surface area contributed by atoms with Gasteiger partial charge in [-0.3, -0.25) is 0 Å². The van der Waals surface area contributed by atoms with E-state index in [-0.39, 0.29) is 0 Å². The summed E-state index contributed by atoms with van der Waals surface area (Å²) in [4.78, 5) is 10.8. The van der Waals surface area contributed by atoms with Gasteiger partial charge in [0.15, 0.2) is 0 Å². The Balaban J connectivity index is 2.08. The quantitative estimate of drug-likeness (QED) is 0.884. The summed E-state index contributed by atoms with van der Waals surface area (Å²) in [5.41, 5.74) is 2.81. The Labute approximate surface area is 107 Å². The van der Waals surface area contributed by atoms with Crippen LogP contribution in [-0.2, 0) is 6.42 Å². The molecular formula is C16H16O2. The van der Waals surface area contributed by atoms with Gasteiger partial charge in [0.25, 0.3) is 0 Å². The molecule has 0 fully saturated rings. The fourth-order valence-corrected chi connectivity index (χ4v) is 2.04. The van der Waals surface area contributed by atoms with Crippen LogP contribution in [0.3, 0.4) is 0 Å². The second kappa shape index (κ2) is 5.50. The first-order valence-corrected chi connectivity index (χ1v) is 6.04. The lowest BCUT2D eigenvalue weighted by Crippen LogP contribution is -2.00. The molecule has 2 nitrogen and oxygen atoms in total. The van der Waals surface area contributed by atoms with Crippen molar-refractivity contribution >= 4 is 5.97 Å². The second-order valence-corrected chi connectivity index (χ2v) is 4.52. The van der Waals surface area contributed by atoms with Crippen LogP contribution in [0.25, 0.3) is 0 Å². The maximum Gasteiger partial charge on any atom is 0.335 e. The van der Waals surface area contributed by atoms with Crippen molar-refractivity contribution < 1.29 is 9.90 Å². The number of benzene rings is 2. The highest BCUT2D eigenvalue weighted by Crippen LogP contribution is 2.20. The predicted molar refractivity (Wildman–Crippen MR) is 72.0 cm³/mol. The van der Waals surface area contributed by atoms with Gasteiger partial charge in [0.2, 0.25) is 0 Å². The SMILES string of the molecule is CC(Cc1ccc(C(=O)O)cc1)c1ccccc1. The van der Waals surface area contributed by atoms with Crippen LogP contribution in [0.1, 0.15) is 34.3 Å². The average molecular weight is 240 g/mol. The smallest absolute Gasteiger partial charge is 0.335 e. The van der Waals surface area contributed by atoms with Crippen LogP contribution in [0.2, 0.25) is 0 Å². The van der Waals surface area contributed by atoms with Gasteiger partial charge in [-0.15, -0.1) is 0 Å². The number of hydrogen-bond donors (Lipinski definition) is 1. The number of carbonyl (C=O) groups is 1. The van der Waals surface area contributed by atoms with Crippen molar-refractivity contribution in [3.63, 3.8) is 0 Å². The molecule has 0 aliphatic heterocycles. The molecule has 0 spiro atoms. The van der Waals surface area contributed by atoms with E-state index in [0.29, 0.717) is 11.5 Å². The van der Waals surface area contributed by atoms with Crippen LogP contribution < -0.4 is 0 Å². The van der Waals surface area contributed by atoms with Crippen molar-refractivity contribution in [1.29, 1.82) is 0 Å². The van der Waals surface area contributed by atoms with E-state index in [1.54, 1.807) is 12.1 Å². The number of hydrogen-bond acceptors (Lipinski definition) is 1. The van der Waals surface area contributed by atoms with Gasteiger partial charge in [-0.2, -0.15) is 0 Å². The molecule has 0 saturated heterocycles. The molecule has 2 aromatic carbocycles. The maximum atomic E-state index is 10.8. The Kier molecular flexibility index (Phi) is 3.78. The molecular weight excluding hydrogens is 224 g/mol. The van der Waals surface area contributed by atoms with E-state index in [1.165, 1.54) is 5.56 Å². The summed E-state index contributed by atoms with van der Waals surface area (Å²) in [6.45, 7) is 2.18. The monoisotopic (exact) mass is 240 g/mol. The minimum absolute atomic E-state index is 0.339. The Morgan fingerprint density at radius 3 is 2.22 bits per heavy atom. The van der Waals surface area contributed by atoms with Crippen LogP contribution in [0.15, 0.2) is 54.6 Å². The first-order valence-electron chi connectivity index (χ1n) is 6.04. The third-order valence-corrected chi connectivity index (χ3v) is 3.11. The van der Waals surface area contributed by atoms with E-state index in [4.69, 9.17) is 5.11 Å². The van der Waals surface area contributed by atoms with E-state index >= 15 is 0 Å². The van der Waals surface area contributed by atoms with Crippen molar-refractivity contribution in [2.75, 3.05) is 0 Å². The maximum absolute atomic E-state index is 10.8.